The van der Waals surface area contributed by atoms with Crippen LogP contribution in [-0.4, -0.2) is 91.6 Å². The second-order valence-corrected chi connectivity index (χ2v) is 6.36. The number of carbonyl (C=O) groups is 2. The zero-order valence-electron chi connectivity index (χ0n) is 14.5. The average molecular weight is 385 g/mol. The predicted molar refractivity (Wildman–Crippen MR) is 97.7 cm³/mol. The molecule has 0 aromatic heterocycles. The monoisotopic (exact) mass is 384 g/mol. The summed E-state index contributed by atoms with van der Waals surface area (Å²) >= 11 is 0. The number of hydrogen-bond acceptors (Lipinski definition) is 5. The van der Waals surface area contributed by atoms with Crippen molar-refractivity contribution in [2.24, 2.45) is 11.7 Å². The highest BCUT2D eigenvalue weighted by Crippen LogP contribution is 2.08. The summed E-state index contributed by atoms with van der Waals surface area (Å²) in [6.45, 7) is 9.71. The highest BCUT2D eigenvalue weighted by Gasteiger charge is 2.28. The van der Waals surface area contributed by atoms with E-state index in [0.717, 1.165) is 13.1 Å². The van der Waals surface area contributed by atoms with Gasteiger partial charge in [0.25, 0.3) is 0 Å². The van der Waals surface area contributed by atoms with Gasteiger partial charge in [0.2, 0.25) is 11.8 Å². The molecule has 24 heavy (non-hydrogen) atoms. The fourth-order valence-corrected chi connectivity index (χ4v) is 2.73. The van der Waals surface area contributed by atoms with E-state index in [4.69, 9.17) is 10.5 Å². The molecule has 9 heteroatoms. The van der Waals surface area contributed by atoms with E-state index in [0.29, 0.717) is 45.9 Å². The molecule has 0 bridgehead atoms. The molecule has 1 atom stereocenters. The van der Waals surface area contributed by atoms with Crippen LogP contribution in [-0.2, 0) is 14.3 Å². The van der Waals surface area contributed by atoms with Crippen LogP contribution in [0.1, 0.15) is 13.8 Å². The molecule has 0 aliphatic carbocycles. The Balaban J connectivity index is 0.00000264. The zero-order valence-corrected chi connectivity index (χ0v) is 16.1. The van der Waals surface area contributed by atoms with Crippen molar-refractivity contribution in [3.8, 4) is 0 Å². The van der Waals surface area contributed by atoms with Crippen LogP contribution in [0.3, 0.4) is 0 Å². The largest absolute Gasteiger partial charge is 0.378 e. The summed E-state index contributed by atoms with van der Waals surface area (Å²) in [5, 5.41) is 0. The van der Waals surface area contributed by atoms with Gasteiger partial charge in [0.1, 0.15) is 0 Å². The topological polar surface area (TPSA) is 79.1 Å². The van der Waals surface area contributed by atoms with E-state index in [2.05, 4.69) is 4.90 Å². The van der Waals surface area contributed by atoms with Crippen LogP contribution in [0.5, 0.6) is 0 Å². The van der Waals surface area contributed by atoms with Gasteiger partial charge in [-0.1, -0.05) is 13.8 Å². The molecule has 2 rings (SSSR count). The molecule has 0 unspecified atom stereocenters. The van der Waals surface area contributed by atoms with Gasteiger partial charge in [-0.15, -0.1) is 24.8 Å². The summed E-state index contributed by atoms with van der Waals surface area (Å²) in [7, 11) is 0. The number of nitrogens with zero attached hydrogens (tertiary/aromatic N) is 3. The van der Waals surface area contributed by atoms with Crippen molar-refractivity contribution in [3.63, 3.8) is 0 Å². The average Bonchev–Trinajstić information content (AvgIpc) is 2.55. The normalized spacial score (nSPS) is 20.2. The predicted octanol–water partition coefficient (Wildman–Crippen LogP) is -0.184. The second kappa shape index (κ2) is 11.1. The summed E-state index contributed by atoms with van der Waals surface area (Å²) < 4.78 is 5.26. The first-order valence-electron chi connectivity index (χ1n) is 8.11. The molecular formula is C15H30Cl2N4O3. The molecule has 0 aromatic carbocycles. The van der Waals surface area contributed by atoms with Crippen molar-refractivity contribution in [2.45, 2.75) is 19.9 Å². The molecule has 0 saturated carbocycles. The van der Waals surface area contributed by atoms with Crippen molar-refractivity contribution in [3.05, 3.63) is 0 Å². The minimum Gasteiger partial charge on any atom is -0.378 e. The maximum Gasteiger partial charge on any atom is 0.239 e. The van der Waals surface area contributed by atoms with Crippen LogP contribution < -0.4 is 5.73 Å². The number of rotatable bonds is 4. The molecular weight excluding hydrogens is 355 g/mol. The van der Waals surface area contributed by atoms with Gasteiger partial charge in [0, 0.05) is 39.3 Å². The van der Waals surface area contributed by atoms with Gasteiger partial charge >= 0.3 is 0 Å². The van der Waals surface area contributed by atoms with Gasteiger partial charge in [-0.2, -0.15) is 0 Å². The molecule has 2 fully saturated rings. The quantitative estimate of drug-likeness (QED) is 0.726. The minimum atomic E-state index is -0.429. The van der Waals surface area contributed by atoms with Crippen LogP contribution in [0.4, 0.5) is 0 Å². The molecule has 2 aliphatic rings. The van der Waals surface area contributed by atoms with Crippen LogP contribution >= 0.6 is 24.8 Å². The molecule has 0 radical (unpaired) electrons. The second-order valence-electron chi connectivity index (χ2n) is 6.36. The molecule has 142 valence electrons. The summed E-state index contributed by atoms with van der Waals surface area (Å²) in [5.74, 6) is 0.324. The summed E-state index contributed by atoms with van der Waals surface area (Å²) in [4.78, 5) is 30.2. The maximum absolute atomic E-state index is 12.2. The van der Waals surface area contributed by atoms with E-state index in [1.165, 1.54) is 0 Å². The Hall–Kier alpha value is -0.600. The Morgan fingerprint density at radius 3 is 2.00 bits per heavy atom. The Labute approximate surface area is 156 Å². The molecule has 2 aliphatic heterocycles. The SMILES string of the molecule is CC(C)[C@H](N)C(=O)N1CCN(CC(=O)N2CCOCC2)CC1.Cl.Cl. The third-order valence-corrected chi connectivity index (χ3v) is 4.41. The number of halogens is 2. The summed E-state index contributed by atoms with van der Waals surface area (Å²) in [5.41, 5.74) is 5.93. The van der Waals surface area contributed by atoms with Crippen molar-refractivity contribution >= 4 is 36.6 Å². The fourth-order valence-electron chi connectivity index (χ4n) is 2.73. The molecule has 2 amide bonds. The van der Waals surface area contributed by atoms with E-state index < -0.39 is 6.04 Å². The molecule has 7 nitrogen and oxygen atoms in total. The lowest BCUT2D eigenvalue weighted by Crippen LogP contribution is -2.56. The van der Waals surface area contributed by atoms with Crippen LogP contribution in [0.15, 0.2) is 0 Å². The van der Waals surface area contributed by atoms with Gasteiger partial charge in [0.15, 0.2) is 0 Å². The number of morpholine rings is 1. The number of carbonyl (C=O) groups excluding carboxylic acids is 2. The van der Waals surface area contributed by atoms with Gasteiger partial charge in [0.05, 0.1) is 25.8 Å². The first-order valence-corrected chi connectivity index (χ1v) is 8.11. The Kier molecular flexibility index (Phi) is 10.8. The first-order chi connectivity index (χ1) is 10.5. The van der Waals surface area contributed by atoms with Crippen molar-refractivity contribution in [1.29, 1.82) is 0 Å². The lowest BCUT2D eigenvalue weighted by Gasteiger charge is -2.37. The smallest absolute Gasteiger partial charge is 0.239 e. The number of nitrogens with two attached hydrogens (primary N) is 1. The number of ether oxygens (including phenoxy) is 1. The Morgan fingerprint density at radius 2 is 1.50 bits per heavy atom. The summed E-state index contributed by atoms with van der Waals surface area (Å²) in [6, 6.07) is -0.429. The molecule has 2 saturated heterocycles. The number of hydrogen-bond donors (Lipinski definition) is 1. The number of piperazine rings is 1. The van der Waals surface area contributed by atoms with E-state index in [1.54, 1.807) is 0 Å². The molecule has 2 heterocycles. The van der Waals surface area contributed by atoms with Crippen LogP contribution in [0, 0.1) is 5.92 Å². The first kappa shape index (κ1) is 23.4. The fraction of sp³-hybridized carbons (Fsp3) is 0.867. The molecule has 0 aromatic rings. The lowest BCUT2D eigenvalue weighted by molar-refractivity contribution is -0.138. The van der Waals surface area contributed by atoms with Gasteiger partial charge < -0.3 is 20.3 Å². The van der Waals surface area contributed by atoms with E-state index in [1.807, 2.05) is 23.6 Å². The van der Waals surface area contributed by atoms with Crippen LogP contribution in [0.25, 0.3) is 0 Å². The van der Waals surface area contributed by atoms with Crippen molar-refractivity contribution < 1.29 is 14.3 Å². The van der Waals surface area contributed by atoms with Crippen LogP contribution in [0.2, 0.25) is 0 Å². The van der Waals surface area contributed by atoms with Crippen molar-refractivity contribution in [2.75, 3.05) is 59.0 Å². The highest BCUT2D eigenvalue weighted by atomic mass is 35.5. The van der Waals surface area contributed by atoms with E-state index in [-0.39, 0.29) is 42.5 Å². The minimum absolute atomic E-state index is 0. The Bertz CT molecular complexity index is 398. The van der Waals surface area contributed by atoms with E-state index in [9.17, 15) is 9.59 Å². The highest BCUT2D eigenvalue weighted by molar-refractivity contribution is 5.85. The van der Waals surface area contributed by atoms with Gasteiger partial charge in [-0.25, -0.2) is 0 Å². The standard InChI is InChI=1S/C15H28N4O3.2ClH/c1-12(2)14(16)15(21)19-5-3-17(4-6-19)11-13(20)18-7-9-22-10-8-18;;/h12,14H,3-11,16H2,1-2H3;2*1H/t14-;;/m0../s1. The third-order valence-electron chi connectivity index (χ3n) is 4.41. The zero-order chi connectivity index (χ0) is 16.1. The van der Waals surface area contributed by atoms with Gasteiger partial charge in [-0.3, -0.25) is 14.5 Å². The lowest BCUT2D eigenvalue weighted by atomic mass is 10.0. The summed E-state index contributed by atoms with van der Waals surface area (Å²) in [6.07, 6.45) is 0. The third kappa shape index (κ3) is 6.37. The molecule has 2 N–H and O–H groups in total. The number of amides is 2. The Morgan fingerprint density at radius 1 is 0.958 bits per heavy atom. The maximum atomic E-state index is 12.2. The molecule has 0 spiro atoms. The van der Waals surface area contributed by atoms with Gasteiger partial charge in [-0.05, 0) is 5.92 Å². The van der Waals surface area contributed by atoms with Crippen molar-refractivity contribution in [1.82, 2.24) is 14.7 Å². The van der Waals surface area contributed by atoms with E-state index >= 15 is 0 Å².